The summed E-state index contributed by atoms with van der Waals surface area (Å²) >= 11 is 0. The minimum absolute atomic E-state index is 0.0862. The van der Waals surface area contributed by atoms with E-state index in [9.17, 15) is 9.59 Å². The van der Waals surface area contributed by atoms with E-state index in [4.69, 9.17) is 9.84 Å². The Bertz CT molecular complexity index is 679. The maximum atomic E-state index is 12.1. The fraction of sp³-hybridized carbons (Fsp3) is 0.312. The molecule has 120 valence electrons. The number of carbonyl (C=O) groups excluding carboxylic acids is 1. The number of hydrogen-bond acceptors (Lipinski definition) is 4. The summed E-state index contributed by atoms with van der Waals surface area (Å²) in [6.45, 7) is 0.743. The first-order valence-electron chi connectivity index (χ1n) is 7.27. The van der Waals surface area contributed by atoms with E-state index in [1.165, 1.54) is 4.90 Å². The average Bonchev–Trinajstić information content (AvgIpc) is 3.03. The second-order valence-corrected chi connectivity index (χ2v) is 5.64. The first-order chi connectivity index (χ1) is 11.1. The lowest BCUT2D eigenvalue weighted by Gasteiger charge is -2.48. The van der Waals surface area contributed by atoms with Crippen LogP contribution in [0.15, 0.2) is 48.8 Å². The number of likely N-dealkylation sites (tertiary alicyclic amines) is 1. The monoisotopic (exact) mass is 315 g/mol. The average molecular weight is 315 g/mol. The molecule has 0 bridgehead atoms. The largest absolute Gasteiger partial charge is 0.481 e. The van der Waals surface area contributed by atoms with Gasteiger partial charge in [0.25, 0.3) is 0 Å². The van der Waals surface area contributed by atoms with Gasteiger partial charge in [-0.25, -0.2) is 4.79 Å². The van der Waals surface area contributed by atoms with E-state index in [1.54, 1.807) is 23.1 Å². The molecule has 0 unspecified atom stereocenters. The van der Waals surface area contributed by atoms with Crippen LogP contribution < -0.4 is 0 Å². The zero-order valence-corrected chi connectivity index (χ0v) is 12.5. The Hall–Kier alpha value is -2.83. The SMILES string of the molecule is O=C(O)CC1(n2cccn2)CN(C(=O)OCc2ccccc2)C1. The first-order valence-corrected chi connectivity index (χ1v) is 7.27. The molecular weight excluding hydrogens is 298 g/mol. The summed E-state index contributed by atoms with van der Waals surface area (Å²) in [5.41, 5.74) is 0.214. The van der Waals surface area contributed by atoms with Gasteiger partial charge in [-0.1, -0.05) is 30.3 Å². The molecule has 1 amide bonds. The lowest BCUT2D eigenvalue weighted by atomic mass is 9.86. The topological polar surface area (TPSA) is 84.7 Å². The van der Waals surface area contributed by atoms with E-state index in [0.29, 0.717) is 0 Å². The highest BCUT2D eigenvalue weighted by atomic mass is 16.6. The third-order valence-corrected chi connectivity index (χ3v) is 3.90. The minimum atomic E-state index is -0.919. The Balaban J connectivity index is 1.59. The molecule has 7 heteroatoms. The number of carboxylic acid groups (broad SMARTS) is 1. The molecule has 7 nitrogen and oxygen atoms in total. The number of amides is 1. The fourth-order valence-corrected chi connectivity index (χ4v) is 2.77. The summed E-state index contributed by atoms with van der Waals surface area (Å²) in [6, 6.07) is 11.1. The maximum absolute atomic E-state index is 12.1. The molecule has 1 N–H and O–H groups in total. The third kappa shape index (κ3) is 3.18. The van der Waals surface area contributed by atoms with Crippen molar-refractivity contribution in [2.75, 3.05) is 13.1 Å². The Morgan fingerprint density at radius 1 is 1.22 bits per heavy atom. The van der Waals surface area contributed by atoms with E-state index in [1.807, 2.05) is 30.3 Å². The van der Waals surface area contributed by atoms with Gasteiger partial charge < -0.3 is 14.7 Å². The van der Waals surface area contributed by atoms with Gasteiger partial charge in [-0.3, -0.25) is 9.48 Å². The van der Waals surface area contributed by atoms with Crippen LogP contribution in [-0.2, 0) is 21.7 Å². The van der Waals surface area contributed by atoms with Crippen molar-refractivity contribution < 1.29 is 19.4 Å². The van der Waals surface area contributed by atoms with Gasteiger partial charge in [-0.2, -0.15) is 5.10 Å². The Morgan fingerprint density at radius 2 is 1.96 bits per heavy atom. The molecule has 0 atom stereocenters. The zero-order valence-electron chi connectivity index (χ0n) is 12.5. The van der Waals surface area contributed by atoms with Gasteiger partial charge in [-0.05, 0) is 11.6 Å². The summed E-state index contributed by atoms with van der Waals surface area (Å²) in [6.07, 6.45) is 2.79. The maximum Gasteiger partial charge on any atom is 0.410 e. The zero-order chi connectivity index (χ0) is 16.3. The molecule has 0 spiro atoms. The van der Waals surface area contributed by atoms with Crippen LogP contribution in [-0.4, -0.2) is 44.9 Å². The van der Waals surface area contributed by atoms with Gasteiger partial charge in [-0.15, -0.1) is 0 Å². The summed E-state index contributed by atoms with van der Waals surface area (Å²) in [5, 5.41) is 13.2. The van der Waals surface area contributed by atoms with Gasteiger partial charge >= 0.3 is 12.1 Å². The lowest BCUT2D eigenvalue weighted by molar-refractivity contribution is -0.142. The van der Waals surface area contributed by atoms with E-state index < -0.39 is 17.6 Å². The van der Waals surface area contributed by atoms with Crippen LogP contribution in [0.5, 0.6) is 0 Å². The molecule has 1 fully saturated rings. The molecule has 2 heterocycles. The summed E-state index contributed by atoms with van der Waals surface area (Å²) in [4.78, 5) is 24.7. The first kappa shape index (κ1) is 15.1. The number of rotatable bonds is 5. The van der Waals surface area contributed by atoms with Gasteiger partial charge in [0, 0.05) is 12.4 Å². The van der Waals surface area contributed by atoms with Crippen LogP contribution in [0.2, 0.25) is 0 Å². The smallest absolute Gasteiger partial charge is 0.410 e. The number of benzene rings is 1. The summed E-state index contributed by atoms with van der Waals surface area (Å²) in [7, 11) is 0. The van der Waals surface area contributed by atoms with Crippen molar-refractivity contribution in [3.8, 4) is 0 Å². The summed E-state index contributed by atoms with van der Waals surface area (Å²) in [5.74, 6) is -0.919. The molecule has 2 aromatic rings. The van der Waals surface area contributed by atoms with Crippen molar-refractivity contribution in [1.29, 1.82) is 0 Å². The fourth-order valence-electron chi connectivity index (χ4n) is 2.77. The van der Waals surface area contributed by atoms with Gasteiger partial charge in [0.15, 0.2) is 0 Å². The number of hydrogen-bond donors (Lipinski definition) is 1. The summed E-state index contributed by atoms with van der Waals surface area (Å²) < 4.78 is 6.87. The molecule has 0 radical (unpaired) electrons. The molecular formula is C16H17N3O4. The van der Waals surface area contributed by atoms with Crippen molar-refractivity contribution in [2.24, 2.45) is 0 Å². The third-order valence-electron chi connectivity index (χ3n) is 3.90. The molecule has 3 rings (SSSR count). The molecule has 1 aromatic carbocycles. The number of aliphatic carboxylic acids is 1. The minimum Gasteiger partial charge on any atom is -0.481 e. The van der Waals surface area contributed by atoms with Crippen molar-refractivity contribution in [3.05, 3.63) is 54.4 Å². The Labute approximate surface area is 133 Å². The van der Waals surface area contributed by atoms with Crippen LogP contribution in [0, 0.1) is 0 Å². The lowest BCUT2D eigenvalue weighted by Crippen LogP contribution is -2.65. The van der Waals surface area contributed by atoms with Crippen molar-refractivity contribution in [2.45, 2.75) is 18.6 Å². The number of nitrogens with zero attached hydrogens (tertiary/aromatic N) is 3. The van der Waals surface area contributed by atoms with E-state index >= 15 is 0 Å². The number of ether oxygens (including phenoxy) is 1. The number of carboxylic acids is 1. The molecule has 23 heavy (non-hydrogen) atoms. The van der Waals surface area contributed by atoms with E-state index in [0.717, 1.165) is 5.56 Å². The van der Waals surface area contributed by atoms with Crippen LogP contribution in [0.1, 0.15) is 12.0 Å². The predicted molar refractivity (Wildman–Crippen MR) is 80.7 cm³/mol. The Morgan fingerprint density at radius 3 is 2.57 bits per heavy atom. The second kappa shape index (κ2) is 6.12. The van der Waals surface area contributed by atoms with Crippen LogP contribution in [0.25, 0.3) is 0 Å². The van der Waals surface area contributed by atoms with Crippen molar-refractivity contribution in [1.82, 2.24) is 14.7 Å². The molecule has 1 aliphatic rings. The predicted octanol–water partition coefficient (Wildman–Crippen LogP) is 1.71. The molecule has 0 aliphatic carbocycles. The van der Waals surface area contributed by atoms with Crippen molar-refractivity contribution in [3.63, 3.8) is 0 Å². The number of carbonyl (C=O) groups is 2. The van der Waals surface area contributed by atoms with E-state index in [2.05, 4.69) is 5.10 Å². The normalized spacial score (nSPS) is 15.7. The molecule has 1 saturated heterocycles. The van der Waals surface area contributed by atoms with Gasteiger partial charge in [0.2, 0.25) is 0 Å². The second-order valence-electron chi connectivity index (χ2n) is 5.64. The van der Waals surface area contributed by atoms with E-state index in [-0.39, 0.29) is 26.1 Å². The quantitative estimate of drug-likeness (QED) is 0.908. The standard InChI is InChI=1S/C16H17N3O4/c20-14(21)9-16(19-8-4-7-17-19)11-18(12-16)15(22)23-10-13-5-2-1-3-6-13/h1-8H,9-12H2,(H,20,21). The highest BCUT2D eigenvalue weighted by molar-refractivity contribution is 5.72. The van der Waals surface area contributed by atoms with Crippen LogP contribution >= 0.6 is 0 Å². The van der Waals surface area contributed by atoms with Gasteiger partial charge in [0.1, 0.15) is 12.1 Å². The highest BCUT2D eigenvalue weighted by Gasteiger charge is 2.49. The molecule has 1 aromatic heterocycles. The highest BCUT2D eigenvalue weighted by Crippen LogP contribution is 2.32. The Kier molecular flexibility index (Phi) is 4.01. The van der Waals surface area contributed by atoms with Crippen LogP contribution in [0.3, 0.4) is 0 Å². The van der Waals surface area contributed by atoms with Crippen molar-refractivity contribution >= 4 is 12.1 Å². The van der Waals surface area contributed by atoms with Crippen LogP contribution in [0.4, 0.5) is 4.79 Å². The molecule has 0 saturated carbocycles. The van der Waals surface area contributed by atoms with Gasteiger partial charge in [0.05, 0.1) is 19.5 Å². The molecule has 1 aliphatic heterocycles. The number of aromatic nitrogens is 2.